The van der Waals surface area contributed by atoms with E-state index in [0.717, 1.165) is 31.1 Å². The Balaban J connectivity index is 2.59. The zero-order valence-electron chi connectivity index (χ0n) is 6.92. The molecule has 0 bridgehead atoms. The summed E-state index contributed by atoms with van der Waals surface area (Å²) < 4.78 is 0. The first-order chi connectivity index (χ1) is 5.38. The van der Waals surface area contributed by atoms with Crippen molar-refractivity contribution in [2.75, 3.05) is 0 Å². The quantitative estimate of drug-likeness (QED) is 0.336. The molecule has 0 aliphatic heterocycles. The molecule has 0 fully saturated rings. The fourth-order valence-corrected chi connectivity index (χ4v) is 1.50. The van der Waals surface area contributed by atoms with Crippen LogP contribution in [0.2, 0.25) is 0 Å². The third kappa shape index (κ3) is 2.04. The summed E-state index contributed by atoms with van der Waals surface area (Å²) in [5.74, 6) is 0.488. The fourth-order valence-electron chi connectivity index (χ4n) is 1.50. The SMILES string of the molecule is C/C=C(/C=O)C1CC=CCC1. The minimum atomic E-state index is 0.488. The van der Waals surface area contributed by atoms with Crippen LogP contribution in [0, 0.1) is 5.92 Å². The van der Waals surface area contributed by atoms with Gasteiger partial charge < -0.3 is 0 Å². The molecule has 0 aromatic heterocycles. The highest BCUT2D eigenvalue weighted by Gasteiger charge is 2.12. The molecule has 0 aromatic rings. The standard InChI is InChI=1S/C10H14O/c1-2-9(8-11)10-6-4-3-5-7-10/h2-4,8,10H,5-7H2,1H3/b9-2-. The van der Waals surface area contributed by atoms with Gasteiger partial charge in [0.25, 0.3) is 0 Å². The number of hydrogen-bond donors (Lipinski definition) is 0. The van der Waals surface area contributed by atoms with E-state index < -0.39 is 0 Å². The summed E-state index contributed by atoms with van der Waals surface area (Å²) in [6, 6.07) is 0. The van der Waals surface area contributed by atoms with E-state index in [4.69, 9.17) is 0 Å². The van der Waals surface area contributed by atoms with Gasteiger partial charge in [0.1, 0.15) is 6.29 Å². The number of carbonyl (C=O) groups is 1. The number of allylic oxidation sites excluding steroid dienone is 4. The van der Waals surface area contributed by atoms with Crippen LogP contribution < -0.4 is 0 Å². The van der Waals surface area contributed by atoms with E-state index in [1.807, 2.05) is 13.0 Å². The molecule has 1 aliphatic rings. The van der Waals surface area contributed by atoms with Crippen molar-refractivity contribution in [1.82, 2.24) is 0 Å². The Kier molecular flexibility index (Phi) is 3.09. The first-order valence-electron chi connectivity index (χ1n) is 4.15. The molecule has 1 rings (SSSR count). The van der Waals surface area contributed by atoms with Gasteiger partial charge in [-0.3, -0.25) is 4.79 Å². The molecule has 1 unspecified atom stereocenters. The third-order valence-corrected chi connectivity index (χ3v) is 2.21. The van der Waals surface area contributed by atoms with Crippen LogP contribution in [0.1, 0.15) is 26.2 Å². The van der Waals surface area contributed by atoms with Crippen LogP contribution in [-0.4, -0.2) is 6.29 Å². The molecule has 11 heavy (non-hydrogen) atoms. The molecule has 0 spiro atoms. The summed E-state index contributed by atoms with van der Waals surface area (Å²) in [6.45, 7) is 1.93. The maximum absolute atomic E-state index is 10.5. The van der Waals surface area contributed by atoms with Crippen molar-refractivity contribution in [1.29, 1.82) is 0 Å². The molecule has 1 atom stereocenters. The maximum Gasteiger partial charge on any atom is 0.145 e. The van der Waals surface area contributed by atoms with Crippen molar-refractivity contribution in [3.63, 3.8) is 0 Å². The molecule has 0 N–H and O–H groups in total. The molecular formula is C10H14O. The summed E-state index contributed by atoms with van der Waals surface area (Å²) >= 11 is 0. The predicted molar refractivity (Wildman–Crippen MR) is 46.3 cm³/mol. The van der Waals surface area contributed by atoms with Gasteiger partial charge in [-0.05, 0) is 37.7 Å². The van der Waals surface area contributed by atoms with Crippen LogP contribution in [0.5, 0.6) is 0 Å². The molecule has 1 heteroatoms. The van der Waals surface area contributed by atoms with Crippen molar-refractivity contribution in [2.45, 2.75) is 26.2 Å². The number of carbonyl (C=O) groups excluding carboxylic acids is 1. The Morgan fingerprint density at radius 3 is 2.82 bits per heavy atom. The highest BCUT2D eigenvalue weighted by molar-refractivity contribution is 5.73. The second kappa shape index (κ2) is 4.12. The van der Waals surface area contributed by atoms with Crippen LogP contribution in [-0.2, 0) is 4.79 Å². The van der Waals surface area contributed by atoms with Gasteiger partial charge in [-0.15, -0.1) is 0 Å². The number of aldehydes is 1. The van der Waals surface area contributed by atoms with Gasteiger partial charge in [0, 0.05) is 0 Å². The Hall–Kier alpha value is -0.850. The van der Waals surface area contributed by atoms with Crippen LogP contribution in [0.4, 0.5) is 0 Å². The molecule has 0 saturated heterocycles. The van der Waals surface area contributed by atoms with E-state index in [1.165, 1.54) is 0 Å². The lowest BCUT2D eigenvalue weighted by Gasteiger charge is -2.16. The Labute approximate surface area is 67.8 Å². The van der Waals surface area contributed by atoms with E-state index in [1.54, 1.807) is 0 Å². The monoisotopic (exact) mass is 150 g/mol. The molecule has 60 valence electrons. The van der Waals surface area contributed by atoms with E-state index in [-0.39, 0.29) is 0 Å². The normalized spacial score (nSPS) is 25.2. The molecular weight excluding hydrogens is 136 g/mol. The Bertz CT molecular complexity index is 189. The van der Waals surface area contributed by atoms with E-state index in [0.29, 0.717) is 5.92 Å². The average Bonchev–Trinajstić information content (AvgIpc) is 2.09. The molecule has 1 aliphatic carbocycles. The van der Waals surface area contributed by atoms with Crippen molar-refractivity contribution >= 4 is 6.29 Å². The lowest BCUT2D eigenvalue weighted by Crippen LogP contribution is -2.06. The maximum atomic E-state index is 10.5. The van der Waals surface area contributed by atoms with Crippen LogP contribution in [0.3, 0.4) is 0 Å². The highest BCUT2D eigenvalue weighted by atomic mass is 16.1. The molecule has 0 aromatic carbocycles. The highest BCUT2D eigenvalue weighted by Crippen LogP contribution is 2.24. The average molecular weight is 150 g/mol. The largest absolute Gasteiger partial charge is 0.298 e. The number of hydrogen-bond acceptors (Lipinski definition) is 1. The van der Waals surface area contributed by atoms with Crippen LogP contribution in [0.15, 0.2) is 23.8 Å². The third-order valence-electron chi connectivity index (χ3n) is 2.21. The van der Waals surface area contributed by atoms with Gasteiger partial charge in [-0.2, -0.15) is 0 Å². The second-order valence-electron chi connectivity index (χ2n) is 2.89. The summed E-state index contributed by atoms with van der Waals surface area (Å²) in [5.41, 5.74) is 0.967. The first kappa shape index (κ1) is 8.25. The minimum Gasteiger partial charge on any atom is -0.298 e. The van der Waals surface area contributed by atoms with Crippen molar-refractivity contribution in [3.05, 3.63) is 23.8 Å². The zero-order chi connectivity index (χ0) is 8.10. The van der Waals surface area contributed by atoms with E-state index in [9.17, 15) is 4.79 Å². The smallest absolute Gasteiger partial charge is 0.145 e. The first-order valence-corrected chi connectivity index (χ1v) is 4.15. The van der Waals surface area contributed by atoms with Gasteiger partial charge in [0.05, 0.1) is 0 Å². The van der Waals surface area contributed by atoms with E-state index >= 15 is 0 Å². The molecule has 0 heterocycles. The lowest BCUT2D eigenvalue weighted by molar-refractivity contribution is -0.105. The second-order valence-corrected chi connectivity index (χ2v) is 2.89. The Morgan fingerprint density at radius 1 is 1.55 bits per heavy atom. The van der Waals surface area contributed by atoms with Crippen LogP contribution >= 0.6 is 0 Å². The zero-order valence-corrected chi connectivity index (χ0v) is 6.92. The van der Waals surface area contributed by atoms with Gasteiger partial charge in [0.2, 0.25) is 0 Å². The number of rotatable bonds is 2. The predicted octanol–water partition coefficient (Wildman–Crippen LogP) is 2.49. The van der Waals surface area contributed by atoms with E-state index in [2.05, 4.69) is 12.2 Å². The molecule has 0 radical (unpaired) electrons. The van der Waals surface area contributed by atoms with Gasteiger partial charge in [-0.1, -0.05) is 18.2 Å². The van der Waals surface area contributed by atoms with Crippen molar-refractivity contribution in [3.8, 4) is 0 Å². The molecule has 1 nitrogen and oxygen atoms in total. The van der Waals surface area contributed by atoms with Gasteiger partial charge in [0.15, 0.2) is 0 Å². The topological polar surface area (TPSA) is 17.1 Å². The Morgan fingerprint density at radius 2 is 2.36 bits per heavy atom. The minimum absolute atomic E-state index is 0.488. The van der Waals surface area contributed by atoms with Gasteiger partial charge >= 0.3 is 0 Å². The summed E-state index contributed by atoms with van der Waals surface area (Å²) in [4.78, 5) is 10.5. The lowest BCUT2D eigenvalue weighted by atomic mass is 9.88. The molecule has 0 saturated carbocycles. The summed E-state index contributed by atoms with van der Waals surface area (Å²) in [7, 11) is 0. The summed E-state index contributed by atoms with van der Waals surface area (Å²) in [5, 5.41) is 0. The molecule has 0 amide bonds. The summed E-state index contributed by atoms with van der Waals surface area (Å²) in [6.07, 6.45) is 10.6. The van der Waals surface area contributed by atoms with Crippen molar-refractivity contribution in [2.24, 2.45) is 5.92 Å². The van der Waals surface area contributed by atoms with Gasteiger partial charge in [-0.25, -0.2) is 0 Å². The fraction of sp³-hybridized carbons (Fsp3) is 0.500. The van der Waals surface area contributed by atoms with Crippen LogP contribution in [0.25, 0.3) is 0 Å². The van der Waals surface area contributed by atoms with Crippen molar-refractivity contribution < 1.29 is 4.79 Å².